The summed E-state index contributed by atoms with van der Waals surface area (Å²) in [6, 6.07) is 6.12. The Balaban J connectivity index is 2.24. The fraction of sp³-hybridized carbons (Fsp3) is 0.0769. The zero-order chi connectivity index (χ0) is 17.7. The van der Waals surface area contributed by atoms with Crippen LogP contribution >= 0.6 is 15.9 Å². The minimum absolute atomic E-state index is 0.0200. The average molecular weight is 421 g/mol. The molecule has 0 atom stereocenters. The average Bonchev–Trinajstić information content (AvgIpc) is 2.85. The van der Waals surface area contributed by atoms with Gasteiger partial charge in [0.2, 0.25) is 5.95 Å². The monoisotopic (exact) mass is 420 g/mol. The first-order chi connectivity index (χ1) is 11.1. The van der Waals surface area contributed by atoms with Gasteiger partial charge in [0.25, 0.3) is 9.84 Å². The maximum absolute atomic E-state index is 12.7. The molecule has 0 aliphatic heterocycles. The number of nitrogens with two attached hydrogens (primary N) is 1. The zero-order valence-corrected chi connectivity index (χ0v) is 14.0. The van der Waals surface area contributed by atoms with Crippen molar-refractivity contribution in [2.24, 2.45) is 0 Å². The molecule has 0 amide bonds. The number of halogens is 4. The van der Waals surface area contributed by atoms with Crippen LogP contribution in [0.1, 0.15) is 0 Å². The number of benzene rings is 1. The molecule has 6 nitrogen and oxygen atoms in total. The lowest BCUT2D eigenvalue weighted by Gasteiger charge is -2.10. The van der Waals surface area contributed by atoms with Crippen molar-refractivity contribution < 1.29 is 21.6 Å². The number of aromatic nitrogens is 3. The van der Waals surface area contributed by atoms with E-state index >= 15 is 0 Å². The summed E-state index contributed by atoms with van der Waals surface area (Å²) in [5.41, 5.74) is 1.07. The largest absolute Gasteiger partial charge is 0.501 e. The van der Waals surface area contributed by atoms with E-state index in [2.05, 4.69) is 26.0 Å². The molecule has 2 N–H and O–H groups in total. The van der Waals surface area contributed by atoms with Gasteiger partial charge in [-0.15, -0.1) is 5.10 Å². The topological polar surface area (TPSA) is 90.3 Å². The van der Waals surface area contributed by atoms with Crippen LogP contribution in [0.4, 0.5) is 19.1 Å². The van der Waals surface area contributed by atoms with Gasteiger partial charge in [-0.05, 0) is 39.7 Å². The van der Waals surface area contributed by atoms with Crippen LogP contribution in [0.5, 0.6) is 0 Å². The van der Waals surface area contributed by atoms with E-state index in [0.717, 1.165) is 12.1 Å². The van der Waals surface area contributed by atoms with Gasteiger partial charge in [-0.2, -0.15) is 18.2 Å². The molecule has 0 bridgehead atoms. The standard InChI is InChI=1S/C13H8BrF3N4O2S/c14-8-5-10(11-19-12(18)20-21(11)6-8)7-2-1-3-9(4-7)24(22,23)13(15,16)17/h1-6H,(H2,18,20). The quantitative estimate of drug-likeness (QED) is 0.687. The number of nitrogen functional groups attached to an aromatic ring is 1. The van der Waals surface area contributed by atoms with Crippen LogP contribution in [0.15, 0.2) is 45.9 Å². The second-order valence-corrected chi connectivity index (χ2v) is 7.64. The molecular formula is C13H8BrF3N4O2S. The third kappa shape index (κ3) is 2.73. The van der Waals surface area contributed by atoms with Crippen LogP contribution in [0.3, 0.4) is 0 Å². The minimum Gasteiger partial charge on any atom is -0.366 e. The van der Waals surface area contributed by atoms with Gasteiger partial charge in [-0.1, -0.05) is 12.1 Å². The van der Waals surface area contributed by atoms with E-state index < -0.39 is 20.2 Å². The minimum atomic E-state index is -5.44. The van der Waals surface area contributed by atoms with E-state index in [0.29, 0.717) is 10.0 Å². The van der Waals surface area contributed by atoms with Crippen molar-refractivity contribution in [1.82, 2.24) is 14.6 Å². The highest BCUT2D eigenvalue weighted by atomic mass is 79.9. The van der Waals surface area contributed by atoms with Gasteiger partial charge in [0.05, 0.1) is 4.90 Å². The number of fused-ring (bicyclic) bond motifs is 1. The van der Waals surface area contributed by atoms with Crippen molar-refractivity contribution in [3.05, 3.63) is 41.0 Å². The normalized spacial score (nSPS) is 12.7. The highest BCUT2D eigenvalue weighted by Gasteiger charge is 2.46. The first kappa shape index (κ1) is 16.7. The molecule has 3 rings (SSSR count). The number of sulfone groups is 1. The van der Waals surface area contributed by atoms with E-state index in [4.69, 9.17) is 5.73 Å². The number of rotatable bonds is 2. The van der Waals surface area contributed by atoms with E-state index in [1.165, 1.54) is 16.6 Å². The lowest BCUT2D eigenvalue weighted by Crippen LogP contribution is -2.23. The predicted molar refractivity (Wildman–Crippen MR) is 83.8 cm³/mol. The molecule has 3 aromatic rings. The van der Waals surface area contributed by atoms with Gasteiger partial charge in [-0.25, -0.2) is 12.9 Å². The summed E-state index contributed by atoms with van der Waals surface area (Å²) in [6.45, 7) is 0. The fourth-order valence-corrected chi connectivity index (χ4v) is 3.38. The van der Waals surface area contributed by atoms with Crippen LogP contribution in [0.25, 0.3) is 16.8 Å². The zero-order valence-electron chi connectivity index (χ0n) is 11.6. The first-order valence-corrected chi connectivity index (χ1v) is 8.60. The lowest BCUT2D eigenvalue weighted by molar-refractivity contribution is -0.0435. The van der Waals surface area contributed by atoms with Crippen molar-refractivity contribution in [2.75, 3.05) is 5.73 Å². The molecule has 2 heterocycles. The molecule has 11 heteroatoms. The highest BCUT2D eigenvalue weighted by molar-refractivity contribution is 9.10. The van der Waals surface area contributed by atoms with E-state index in [1.807, 2.05) is 0 Å². The van der Waals surface area contributed by atoms with Crippen molar-refractivity contribution in [2.45, 2.75) is 10.4 Å². The van der Waals surface area contributed by atoms with Gasteiger partial charge < -0.3 is 5.73 Å². The molecule has 2 aromatic heterocycles. The number of anilines is 1. The molecule has 0 unspecified atom stereocenters. The van der Waals surface area contributed by atoms with Gasteiger partial charge in [0, 0.05) is 16.2 Å². The van der Waals surface area contributed by atoms with Crippen molar-refractivity contribution in [3.63, 3.8) is 0 Å². The van der Waals surface area contributed by atoms with Crippen molar-refractivity contribution in [1.29, 1.82) is 0 Å². The van der Waals surface area contributed by atoms with E-state index in [9.17, 15) is 21.6 Å². The number of alkyl halides is 3. The molecular weight excluding hydrogens is 413 g/mol. The fourth-order valence-electron chi connectivity index (χ4n) is 2.15. The van der Waals surface area contributed by atoms with Crippen LogP contribution in [0.2, 0.25) is 0 Å². The molecule has 0 spiro atoms. The molecule has 0 aliphatic carbocycles. The maximum Gasteiger partial charge on any atom is 0.501 e. The molecule has 24 heavy (non-hydrogen) atoms. The molecule has 0 saturated heterocycles. The third-order valence-electron chi connectivity index (χ3n) is 3.18. The molecule has 0 radical (unpaired) electrons. The summed E-state index contributed by atoms with van der Waals surface area (Å²) in [7, 11) is -5.44. The number of hydrogen-bond donors (Lipinski definition) is 1. The summed E-state index contributed by atoms with van der Waals surface area (Å²) < 4.78 is 63.3. The molecule has 126 valence electrons. The van der Waals surface area contributed by atoms with Crippen LogP contribution in [0, 0.1) is 0 Å². The number of pyridine rings is 1. The highest BCUT2D eigenvalue weighted by Crippen LogP contribution is 2.34. The maximum atomic E-state index is 12.7. The summed E-state index contributed by atoms with van der Waals surface area (Å²) in [5, 5.41) is 3.93. The first-order valence-electron chi connectivity index (χ1n) is 6.33. The Morgan fingerprint density at radius 1 is 1.21 bits per heavy atom. The van der Waals surface area contributed by atoms with Crippen molar-refractivity contribution in [3.8, 4) is 11.1 Å². The van der Waals surface area contributed by atoms with E-state index in [1.54, 1.807) is 12.3 Å². The lowest BCUT2D eigenvalue weighted by atomic mass is 10.1. The summed E-state index contributed by atoms with van der Waals surface area (Å²) in [5.74, 6) is -0.0200. The Bertz CT molecular complexity index is 1050. The van der Waals surface area contributed by atoms with Gasteiger partial charge in [-0.3, -0.25) is 0 Å². The SMILES string of the molecule is Nc1nc2c(-c3cccc(S(=O)(=O)C(F)(F)F)c3)cc(Br)cn2n1. The van der Waals surface area contributed by atoms with Gasteiger partial charge in [0.15, 0.2) is 5.65 Å². The Kier molecular flexibility index (Phi) is 3.79. The third-order valence-corrected chi connectivity index (χ3v) is 5.09. The second-order valence-electron chi connectivity index (χ2n) is 4.79. The van der Waals surface area contributed by atoms with Crippen LogP contribution in [-0.2, 0) is 9.84 Å². The Hall–Kier alpha value is -2.14. The van der Waals surface area contributed by atoms with Crippen LogP contribution in [-0.4, -0.2) is 28.5 Å². The summed E-state index contributed by atoms with van der Waals surface area (Å²) in [4.78, 5) is 3.16. The van der Waals surface area contributed by atoms with Crippen molar-refractivity contribution >= 4 is 37.4 Å². The molecule has 0 aliphatic rings. The Labute approximate surface area is 142 Å². The number of hydrogen-bond acceptors (Lipinski definition) is 5. The molecule has 0 saturated carbocycles. The summed E-state index contributed by atoms with van der Waals surface area (Å²) in [6.07, 6.45) is 1.57. The van der Waals surface area contributed by atoms with Gasteiger partial charge in [0.1, 0.15) is 0 Å². The molecule has 0 fully saturated rings. The van der Waals surface area contributed by atoms with E-state index in [-0.39, 0.29) is 17.2 Å². The molecule has 1 aromatic carbocycles. The van der Waals surface area contributed by atoms with Crippen LogP contribution < -0.4 is 5.73 Å². The Morgan fingerprint density at radius 2 is 1.92 bits per heavy atom. The number of nitrogens with zero attached hydrogens (tertiary/aromatic N) is 3. The smallest absolute Gasteiger partial charge is 0.366 e. The second kappa shape index (κ2) is 5.45. The predicted octanol–water partition coefficient (Wildman–Crippen LogP) is 3.03. The van der Waals surface area contributed by atoms with Gasteiger partial charge >= 0.3 is 5.51 Å². The summed E-state index contributed by atoms with van der Waals surface area (Å²) >= 11 is 3.25. The Morgan fingerprint density at radius 3 is 2.58 bits per heavy atom.